The lowest BCUT2D eigenvalue weighted by Crippen LogP contribution is -1.90. The number of nitrogens with one attached hydrogen (secondary N) is 1. The van der Waals surface area contributed by atoms with Crippen LogP contribution in [-0.2, 0) is 0 Å². The van der Waals surface area contributed by atoms with Gasteiger partial charge in [-0.2, -0.15) is 0 Å². The van der Waals surface area contributed by atoms with E-state index in [1.807, 2.05) is 45.9 Å². The molecule has 0 spiro atoms. The molecule has 3 aromatic rings. The molecule has 0 radical (unpaired) electrons. The van der Waals surface area contributed by atoms with Crippen LogP contribution in [-0.4, -0.2) is 0 Å². The van der Waals surface area contributed by atoms with Gasteiger partial charge in [0.15, 0.2) is 0 Å². The summed E-state index contributed by atoms with van der Waals surface area (Å²) in [5.41, 5.74) is 2.26. The summed E-state index contributed by atoms with van der Waals surface area (Å²) in [5, 5.41) is 5.95. The SMILES string of the molecule is CC.CC.c1ccc(Nc2cccc3ccccc23)cc1. The zero-order valence-electron chi connectivity index (χ0n) is 13.4. The minimum absolute atomic E-state index is 1.11. The van der Waals surface area contributed by atoms with Gasteiger partial charge in [-0.25, -0.2) is 0 Å². The number of hydrogen-bond donors (Lipinski definition) is 1. The van der Waals surface area contributed by atoms with E-state index in [4.69, 9.17) is 0 Å². The lowest BCUT2D eigenvalue weighted by atomic mass is 10.1. The number of anilines is 2. The second-order valence-electron chi connectivity index (χ2n) is 4.02. The molecule has 0 aliphatic carbocycles. The first-order valence-electron chi connectivity index (χ1n) is 7.73. The van der Waals surface area contributed by atoms with Crippen LogP contribution in [0.25, 0.3) is 10.8 Å². The summed E-state index contributed by atoms with van der Waals surface area (Å²) in [7, 11) is 0. The summed E-state index contributed by atoms with van der Waals surface area (Å²) >= 11 is 0. The number of para-hydroxylation sites is 1. The summed E-state index contributed by atoms with van der Waals surface area (Å²) in [6.07, 6.45) is 0. The van der Waals surface area contributed by atoms with Crippen molar-refractivity contribution in [2.24, 2.45) is 0 Å². The van der Waals surface area contributed by atoms with E-state index < -0.39 is 0 Å². The van der Waals surface area contributed by atoms with Crippen LogP contribution in [0.3, 0.4) is 0 Å². The van der Waals surface area contributed by atoms with Crippen molar-refractivity contribution in [2.45, 2.75) is 27.7 Å². The average molecular weight is 279 g/mol. The van der Waals surface area contributed by atoms with Gasteiger partial charge in [0.05, 0.1) is 0 Å². The highest BCUT2D eigenvalue weighted by atomic mass is 14.9. The Morgan fingerprint density at radius 2 is 1.14 bits per heavy atom. The van der Waals surface area contributed by atoms with E-state index in [0.717, 1.165) is 11.4 Å². The van der Waals surface area contributed by atoms with Crippen LogP contribution in [0, 0.1) is 0 Å². The normalized spacial score (nSPS) is 8.95. The Hall–Kier alpha value is -2.28. The molecule has 0 saturated carbocycles. The third-order valence-electron chi connectivity index (χ3n) is 2.84. The summed E-state index contributed by atoms with van der Waals surface area (Å²) in [5.74, 6) is 0. The van der Waals surface area contributed by atoms with Crippen LogP contribution in [0.4, 0.5) is 11.4 Å². The van der Waals surface area contributed by atoms with Gasteiger partial charge in [-0.3, -0.25) is 0 Å². The molecule has 3 aromatic carbocycles. The largest absolute Gasteiger partial charge is 0.355 e. The highest BCUT2D eigenvalue weighted by molar-refractivity contribution is 5.95. The van der Waals surface area contributed by atoms with Crippen LogP contribution >= 0.6 is 0 Å². The van der Waals surface area contributed by atoms with Crippen LogP contribution in [0.2, 0.25) is 0 Å². The summed E-state index contributed by atoms with van der Waals surface area (Å²) in [6.45, 7) is 8.00. The van der Waals surface area contributed by atoms with Crippen molar-refractivity contribution in [1.82, 2.24) is 0 Å². The minimum Gasteiger partial charge on any atom is -0.355 e. The van der Waals surface area contributed by atoms with Crippen LogP contribution in [0.5, 0.6) is 0 Å². The Kier molecular flexibility index (Phi) is 7.67. The van der Waals surface area contributed by atoms with Crippen molar-refractivity contribution in [1.29, 1.82) is 0 Å². The van der Waals surface area contributed by atoms with E-state index in [1.54, 1.807) is 0 Å². The second-order valence-corrected chi connectivity index (χ2v) is 4.02. The van der Waals surface area contributed by atoms with E-state index in [2.05, 4.69) is 59.9 Å². The fourth-order valence-corrected chi connectivity index (χ4v) is 2.01. The van der Waals surface area contributed by atoms with Gasteiger partial charge in [-0.05, 0) is 23.6 Å². The van der Waals surface area contributed by atoms with E-state index in [1.165, 1.54) is 10.8 Å². The minimum atomic E-state index is 1.11. The highest BCUT2D eigenvalue weighted by Gasteiger charge is 1.99. The molecule has 1 nitrogen and oxygen atoms in total. The van der Waals surface area contributed by atoms with E-state index in [-0.39, 0.29) is 0 Å². The number of hydrogen-bond acceptors (Lipinski definition) is 1. The standard InChI is InChI=1S/C16H13N.2C2H6/c1-2-9-14(10-3-1)17-16-12-6-8-13-7-4-5-11-15(13)16;2*1-2/h1-12,17H;2*1-2H3. The lowest BCUT2D eigenvalue weighted by molar-refractivity contribution is 1.50. The zero-order chi connectivity index (χ0) is 15.5. The first-order chi connectivity index (χ1) is 10.4. The Balaban J connectivity index is 0.000000510. The molecular formula is C20H25N. The van der Waals surface area contributed by atoms with Gasteiger partial charge in [-0.15, -0.1) is 0 Å². The average Bonchev–Trinajstić information content (AvgIpc) is 2.60. The van der Waals surface area contributed by atoms with Gasteiger partial charge in [0.25, 0.3) is 0 Å². The topological polar surface area (TPSA) is 12.0 Å². The summed E-state index contributed by atoms with van der Waals surface area (Å²) < 4.78 is 0. The number of fused-ring (bicyclic) bond motifs is 1. The molecule has 0 fully saturated rings. The molecular weight excluding hydrogens is 254 g/mol. The molecule has 0 saturated heterocycles. The van der Waals surface area contributed by atoms with Crippen molar-refractivity contribution in [3.63, 3.8) is 0 Å². The lowest BCUT2D eigenvalue weighted by Gasteiger charge is -2.09. The molecule has 110 valence electrons. The predicted octanol–water partition coefficient (Wildman–Crippen LogP) is 6.64. The Morgan fingerprint density at radius 1 is 0.571 bits per heavy atom. The van der Waals surface area contributed by atoms with Gasteiger partial charge in [0.2, 0.25) is 0 Å². The smallest absolute Gasteiger partial charge is 0.0463 e. The fraction of sp³-hybridized carbons (Fsp3) is 0.200. The third kappa shape index (κ3) is 4.64. The highest BCUT2D eigenvalue weighted by Crippen LogP contribution is 2.25. The maximum atomic E-state index is 3.45. The first kappa shape index (κ1) is 16.8. The summed E-state index contributed by atoms with van der Waals surface area (Å²) in [6, 6.07) is 25.0. The maximum absolute atomic E-state index is 3.45. The van der Waals surface area contributed by atoms with Gasteiger partial charge < -0.3 is 5.32 Å². The van der Waals surface area contributed by atoms with Crippen LogP contribution in [0.15, 0.2) is 72.8 Å². The molecule has 0 atom stereocenters. The molecule has 0 aliphatic rings. The molecule has 0 amide bonds. The predicted molar refractivity (Wildman–Crippen MR) is 96.4 cm³/mol. The van der Waals surface area contributed by atoms with Crippen molar-refractivity contribution in [3.8, 4) is 0 Å². The van der Waals surface area contributed by atoms with E-state index >= 15 is 0 Å². The molecule has 0 aromatic heterocycles. The third-order valence-corrected chi connectivity index (χ3v) is 2.84. The fourth-order valence-electron chi connectivity index (χ4n) is 2.01. The van der Waals surface area contributed by atoms with Crippen molar-refractivity contribution in [3.05, 3.63) is 72.8 Å². The zero-order valence-corrected chi connectivity index (χ0v) is 13.4. The van der Waals surface area contributed by atoms with Crippen LogP contribution < -0.4 is 5.32 Å². The van der Waals surface area contributed by atoms with E-state index in [9.17, 15) is 0 Å². The van der Waals surface area contributed by atoms with Crippen molar-refractivity contribution >= 4 is 22.1 Å². The molecule has 21 heavy (non-hydrogen) atoms. The van der Waals surface area contributed by atoms with E-state index in [0.29, 0.717) is 0 Å². The molecule has 0 aliphatic heterocycles. The summed E-state index contributed by atoms with van der Waals surface area (Å²) in [4.78, 5) is 0. The second kappa shape index (κ2) is 9.60. The molecule has 1 N–H and O–H groups in total. The van der Waals surface area contributed by atoms with Crippen molar-refractivity contribution in [2.75, 3.05) is 5.32 Å². The van der Waals surface area contributed by atoms with Gasteiger partial charge in [0.1, 0.15) is 0 Å². The molecule has 1 heteroatoms. The molecule has 0 unspecified atom stereocenters. The maximum Gasteiger partial charge on any atom is 0.0463 e. The van der Waals surface area contributed by atoms with Crippen molar-refractivity contribution < 1.29 is 0 Å². The molecule has 0 heterocycles. The first-order valence-corrected chi connectivity index (χ1v) is 7.73. The Bertz CT molecular complexity index is 624. The molecule has 0 bridgehead atoms. The molecule has 3 rings (SSSR count). The van der Waals surface area contributed by atoms with Gasteiger partial charge in [0, 0.05) is 16.8 Å². The Morgan fingerprint density at radius 3 is 1.86 bits per heavy atom. The monoisotopic (exact) mass is 279 g/mol. The number of rotatable bonds is 2. The Labute approximate surface area is 128 Å². The van der Waals surface area contributed by atoms with Gasteiger partial charge in [-0.1, -0.05) is 82.3 Å². The van der Waals surface area contributed by atoms with Gasteiger partial charge >= 0.3 is 0 Å². The quantitative estimate of drug-likeness (QED) is 0.554. The number of benzene rings is 3. The van der Waals surface area contributed by atoms with Crippen LogP contribution in [0.1, 0.15) is 27.7 Å².